The predicted octanol–water partition coefficient (Wildman–Crippen LogP) is 2.92. The number of carboxylic acids is 1. The number of para-hydroxylation sites is 1. The molecule has 1 aromatic heterocycles. The van der Waals surface area contributed by atoms with Crippen LogP contribution in [0.1, 0.15) is 28.9 Å². The molecule has 146 valence electrons. The number of amides is 2. The zero-order valence-electron chi connectivity index (χ0n) is 15.4. The second-order valence-electron chi connectivity index (χ2n) is 7.03. The maximum Gasteiger partial charge on any atom is 0.345 e. The predicted molar refractivity (Wildman–Crippen MR) is 102 cm³/mol. The molecule has 1 fully saturated rings. The van der Waals surface area contributed by atoms with Crippen molar-refractivity contribution in [1.82, 2.24) is 19.7 Å². The number of carbonyl (C=O) groups is 2. The molecule has 2 aromatic carbocycles. The van der Waals surface area contributed by atoms with Crippen molar-refractivity contribution in [2.45, 2.75) is 18.7 Å². The van der Waals surface area contributed by atoms with E-state index in [2.05, 4.69) is 5.10 Å². The Labute approximate surface area is 166 Å². The molecule has 1 N–H and O–H groups in total. The summed E-state index contributed by atoms with van der Waals surface area (Å²) in [6.45, 7) is 0.467. The summed E-state index contributed by atoms with van der Waals surface area (Å²) in [7, 11) is 0. The number of hydrogen-bond donors (Lipinski definition) is 1. The summed E-state index contributed by atoms with van der Waals surface area (Å²) in [6, 6.07) is 17.0. The Morgan fingerprint density at radius 3 is 2.48 bits per heavy atom. The van der Waals surface area contributed by atoms with Gasteiger partial charge in [0, 0.05) is 11.8 Å². The Balaban J connectivity index is 1.51. The van der Waals surface area contributed by atoms with Gasteiger partial charge in [0.1, 0.15) is 18.3 Å². The number of aromatic nitrogens is 2. The fourth-order valence-electron chi connectivity index (χ4n) is 3.88. The average molecular weight is 390 g/mol. The molecule has 0 radical (unpaired) electrons. The summed E-state index contributed by atoms with van der Waals surface area (Å²) in [5.74, 6) is -1.11. The smallest absolute Gasteiger partial charge is 0.345 e. The van der Waals surface area contributed by atoms with Crippen LogP contribution >= 0.6 is 0 Å². The largest absolute Gasteiger partial charge is 0.479 e. The monoisotopic (exact) mass is 390 g/mol. The van der Waals surface area contributed by atoms with E-state index in [1.807, 2.05) is 60.7 Å². The molecule has 2 bridgehead atoms. The maximum atomic E-state index is 12.9. The first kappa shape index (κ1) is 17.4. The normalized spacial score (nSPS) is 20.1. The molecule has 0 unspecified atom stereocenters. The van der Waals surface area contributed by atoms with E-state index in [1.54, 1.807) is 10.9 Å². The number of rotatable bonds is 5. The molecule has 8 heteroatoms. The number of fused-ring (bicyclic) bond motifs is 4. The first-order chi connectivity index (χ1) is 14.1. The second-order valence-corrected chi connectivity index (χ2v) is 7.03. The number of nitrogens with zero attached hydrogens (tertiary/aromatic N) is 4. The summed E-state index contributed by atoms with van der Waals surface area (Å²) in [4.78, 5) is 32.0. The molecule has 2 atom stereocenters. The van der Waals surface area contributed by atoms with Crippen molar-refractivity contribution in [3.8, 4) is 5.69 Å². The molecule has 3 heterocycles. The van der Waals surface area contributed by atoms with E-state index < -0.39 is 24.1 Å². The van der Waals surface area contributed by atoms with Gasteiger partial charge in [-0.1, -0.05) is 48.5 Å². The van der Waals surface area contributed by atoms with Crippen molar-refractivity contribution in [3.05, 3.63) is 83.7 Å². The van der Waals surface area contributed by atoms with Crippen LogP contribution in [0.15, 0.2) is 66.9 Å². The fraction of sp³-hybridized carbons (Fsp3) is 0.190. The highest BCUT2D eigenvalue weighted by Crippen LogP contribution is 2.43. The van der Waals surface area contributed by atoms with Crippen LogP contribution in [0.25, 0.3) is 5.69 Å². The topological polar surface area (TPSA) is 87.9 Å². The van der Waals surface area contributed by atoms with Gasteiger partial charge in [0.15, 0.2) is 6.04 Å². The number of hydroxylamine groups is 2. The molecule has 0 saturated carbocycles. The van der Waals surface area contributed by atoms with Gasteiger partial charge in [-0.15, -0.1) is 0 Å². The van der Waals surface area contributed by atoms with Gasteiger partial charge in [0.25, 0.3) is 0 Å². The molecule has 0 spiro atoms. The summed E-state index contributed by atoms with van der Waals surface area (Å²) < 4.78 is 1.66. The van der Waals surface area contributed by atoms with E-state index in [9.17, 15) is 14.7 Å². The third-order valence-electron chi connectivity index (χ3n) is 5.26. The standard InChI is InChI=1S/C21H18N4O4/c26-20(27)19-18-16(11-24(22-18)15-9-5-2-6-10-15)17-12-23(19)21(28)25(17)29-13-14-7-3-1-4-8-14/h1-11,17,19H,12-13H2,(H,26,27)/t17-,19-/m0/s1. The number of urea groups is 1. The van der Waals surface area contributed by atoms with Crippen LogP contribution in [0, 0.1) is 0 Å². The minimum atomic E-state index is -1.14. The van der Waals surface area contributed by atoms with Crippen molar-refractivity contribution in [2.24, 2.45) is 0 Å². The third kappa shape index (κ3) is 2.85. The number of benzene rings is 2. The lowest BCUT2D eigenvalue weighted by Gasteiger charge is -2.26. The SMILES string of the molecule is O=C(O)[C@@H]1c2nn(-c3ccccc3)cc2[C@@H]2CN1C(=O)N2OCc1ccccc1. The molecule has 2 amide bonds. The molecular formula is C21H18N4O4. The van der Waals surface area contributed by atoms with Gasteiger partial charge >= 0.3 is 12.0 Å². The summed E-state index contributed by atoms with van der Waals surface area (Å²) >= 11 is 0. The summed E-state index contributed by atoms with van der Waals surface area (Å²) in [5, 5.41) is 15.6. The molecule has 8 nitrogen and oxygen atoms in total. The fourth-order valence-corrected chi connectivity index (χ4v) is 3.88. The van der Waals surface area contributed by atoms with Crippen molar-refractivity contribution in [3.63, 3.8) is 0 Å². The van der Waals surface area contributed by atoms with Gasteiger partial charge in [0.2, 0.25) is 0 Å². The molecule has 3 aromatic rings. The van der Waals surface area contributed by atoms with Gasteiger partial charge in [0.05, 0.1) is 12.2 Å². The van der Waals surface area contributed by atoms with Crippen LogP contribution in [0.5, 0.6) is 0 Å². The van der Waals surface area contributed by atoms with E-state index in [4.69, 9.17) is 4.84 Å². The Morgan fingerprint density at radius 2 is 1.79 bits per heavy atom. The first-order valence-electron chi connectivity index (χ1n) is 9.28. The Hall–Kier alpha value is -3.65. The number of carboxylic acid groups (broad SMARTS) is 1. The molecule has 2 aliphatic rings. The molecule has 0 aliphatic carbocycles. The second kappa shape index (κ2) is 6.75. The van der Waals surface area contributed by atoms with Gasteiger partial charge in [-0.2, -0.15) is 10.2 Å². The van der Waals surface area contributed by atoms with E-state index in [-0.39, 0.29) is 13.2 Å². The molecule has 29 heavy (non-hydrogen) atoms. The van der Waals surface area contributed by atoms with Crippen LogP contribution in [0.4, 0.5) is 4.79 Å². The van der Waals surface area contributed by atoms with Gasteiger partial charge in [-0.3, -0.25) is 4.84 Å². The Morgan fingerprint density at radius 1 is 1.10 bits per heavy atom. The van der Waals surface area contributed by atoms with Crippen LogP contribution in [0.3, 0.4) is 0 Å². The molecule has 5 rings (SSSR count). The van der Waals surface area contributed by atoms with Gasteiger partial charge in [-0.05, 0) is 17.7 Å². The van der Waals surface area contributed by atoms with Gasteiger partial charge < -0.3 is 10.0 Å². The quantitative estimate of drug-likeness (QED) is 0.724. The minimum absolute atomic E-state index is 0.219. The van der Waals surface area contributed by atoms with Crippen molar-refractivity contribution in [2.75, 3.05) is 6.54 Å². The number of aliphatic carboxylic acids is 1. The first-order valence-corrected chi connectivity index (χ1v) is 9.28. The number of carbonyl (C=O) groups excluding carboxylic acids is 1. The molecular weight excluding hydrogens is 372 g/mol. The van der Waals surface area contributed by atoms with E-state index in [0.717, 1.165) is 11.3 Å². The molecule has 1 saturated heterocycles. The third-order valence-corrected chi connectivity index (χ3v) is 5.26. The number of hydrogen-bond acceptors (Lipinski definition) is 4. The Kier molecular flexibility index (Phi) is 4.06. The minimum Gasteiger partial charge on any atom is -0.479 e. The highest BCUT2D eigenvalue weighted by molar-refractivity contribution is 5.86. The van der Waals surface area contributed by atoms with E-state index in [1.165, 1.54) is 9.96 Å². The Bertz CT molecular complexity index is 1070. The van der Waals surface area contributed by atoms with Crippen LogP contribution in [0.2, 0.25) is 0 Å². The maximum absolute atomic E-state index is 12.9. The lowest BCUT2D eigenvalue weighted by Crippen LogP contribution is -2.38. The highest BCUT2D eigenvalue weighted by Gasteiger charge is 2.52. The van der Waals surface area contributed by atoms with Crippen molar-refractivity contribution in [1.29, 1.82) is 0 Å². The summed E-state index contributed by atoms with van der Waals surface area (Å²) in [6.07, 6.45) is 1.79. The van der Waals surface area contributed by atoms with Crippen LogP contribution in [-0.2, 0) is 16.2 Å². The van der Waals surface area contributed by atoms with Crippen molar-refractivity contribution < 1.29 is 19.5 Å². The molecule has 2 aliphatic heterocycles. The zero-order chi connectivity index (χ0) is 20.0. The van der Waals surface area contributed by atoms with Crippen molar-refractivity contribution >= 4 is 12.0 Å². The lowest BCUT2D eigenvalue weighted by molar-refractivity contribution is -0.143. The highest BCUT2D eigenvalue weighted by atomic mass is 16.7. The van der Waals surface area contributed by atoms with Crippen LogP contribution < -0.4 is 0 Å². The van der Waals surface area contributed by atoms with E-state index >= 15 is 0 Å². The zero-order valence-corrected chi connectivity index (χ0v) is 15.4. The average Bonchev–Trinajstić information content (AvgIpc) is 3.30. The lowest BCUT2D eigenvalue weighted by atomic mass is 9.98. The van der Waals surface area contributed by atoms with E-state index in [0.29, 0.717) is 11.3 Å². The summed E-state index contributed by atoms with van der Waals surface area (Å²) in [5.41, 5.74) is 2.81. The van der Waals surface area contributed by atoms with Gasteiger partial charge in [-0.25, -0.2) is 14.3 Å². The van der Waals surface area contributed by atoms with Crippen LogP contribution in [-0.4, -0.2) is 43.4 Å².